The minimum Gasteiger partial charge on any atom is -0.466 e. The van der Waals surface area contributed by atoms with Gasteiger partial charge >= 0.3 is 0 Å². The van der Waals surface area contributed by atoms with Crippen molar-refractivity contribution in [1.82, 2.24) is 0 Å². The minimum atomic E-state index is 0.0197. The van der Waals surface area contributed by atoms with Crippen molar-refractivity contribution in [1.29, 1.82) is 0 Å². The van der Waals surface area contributed by atoms with Crippen LogP contribution >= 0.6 is 27.3 Å². The van der Waals surface area contributed by atoms with E-state index in [2.05, 4.69) is 15.9 Å². The van der Waals surface area contributed by atoms with Crippen LogP contribution < -0.4 is 0 Å². The summed E-state index contributed by atoms with van der Waals surface area (Å²) in [6.45, 7) is 3.65. The van der Waals surface area contributed by atoms with Gasteiger partial charge in [-0.25, -0.2) is 0 Å². The third kappa shape index (κ3) is 2.06. The highest BCUT2D eigenvalue weighted by Gasteiger charge is 2.16. The lowest BCUT2D eigenvalue weighted by atomic mass is 10.1. The predicted octanol–water partition coefficient (Wildman–Crippen LogP) is 3.95. The monoisotopic (exact) mass is 284 g/mol. The van der Waals surface area contributed by atoms with Gasteiger partial charge in [0.25, 0.3) is 0 Å². The molecule has 0 aromatic carbocycles. The molecule has 0 unspecified atom stereocenters. The Morgan fingerprint density at radius 2 is 2.13 bits per heavy atom. The van der Waals surface area contributed by atoms with Gasteiger partial charge in [-0.3, -0.25) is 4.79 Å². The zero-order chi connectivity index (χ0) is 11.0. The molecule has 2 heterocycles. The van der Waals surface area contributed by atoms with E-state index in [1.165, 1.54) is 11.3 Å². The molecule has 0 bridgehead atoms. The van der Waals surface area contributed by atoms with Crippen LogP contribution in [0.3, 0.4) is 0 Å². The summed E-state index contributed by atoms with van der Waals surface area (Å²) in [5.41, 5.74) is 1.36. The first-order chi connectivity index (χ1) is 7.08. The molecule has 0 aliphatic rings. The van der Waals surface area contributed by atoms with Crippen LogP contribution in [-0.2, 0) is 0 Å². The zero-order valence-electron chi connectivity index (χ0n) is 8.33. The summed E-state index contributed by atoms with van der Waals surface area (Å²) < 4.78 is 6.30. The summed E-state index contributed by atoms with van der Waals surface area (Å²) in [5, 5.41) is 1.84. The van der Waals surface area contributed by atoms with E-state index in [0.29, 0.717) is 16.9 Å². The fraction of sp³-hybridized carbons (Fsp3) is 0.182. The number of thiophene rings is 1. The smallest absolute Gasteiger partial charge is 0.197 e. The number of hydrogen-bond donors (Lipinski definition) is 0. The molecule has 0 aliphatic carbocycles. The van der Waals surface area contributed by atoms with Crippen molar-refractivity contribution in [2.24, 2.45) is 0 Å². The van der Waals surface area contributed by atoms with E-state index in [1.54, 1.807) is 6.07 Å². The van der Waals surface area contributed by atoms with Crippen LogP contribution in [0.1, 0.15) is 27.4 Å². The molecule has 0 aliphatic heterocycles. The Morgan fingerprint density at radius 3 is 2.60 bits per heavy atom. The van der Waals surface area contributed by atoms with Gasteiger partial charge in [-0.05, 0) is 41.9 Å². The van der Waals surface area contributed by atoms with Crippen LogP contribution in [0.4, 0.5) is 0 Å². The van der Waals surface area contributed by atoms with Crippen molar-refractivity contribution in [2.75, 3.05) is 0 Å². The highest BCUT2D eigenvalue weighted by Crippen LogP contribution is 2.24. The summed E-state index contributed by atoms with van der Waals surface area (Å²) in [5.74, 6) is 1.47. The molecule has 0 saturated carbocycles. The molecule has 15 heavy (non-hydrogen) atoms. The van der Waals surface area contributed by atoms with Gasteiger partial charge in [-0.2, -0.15) is 0 Å². The van der Waals surface area contributed by atoms with Crippen LogP contribution in [0.2, 0.25) is 0 Å². The van der Waals surface area contributed by atoms with E-state index in [-0.39, 0.29) is 5.78 Å². The van der Waals surface area contributed by atoms with Gasteiger partial charge in [0.05, 0.1) is 9.35 Å². The van der Waals surface area contributed by atoms with Gasteiger partial charge in [-0.15, -0.1) is 11.3 Å². The maximum Gasteiger partial charge on any atom is 0.197 e. The Morgan fingerprint density at radius 1 is 1.40 bits per heavy atom. The molecular weight excluding hydrogens is 276 g/mol. The van der Waals surface area contributed by atoms with Crippen molar-refractivity contribution in [3.05, 3.63) is 43.9 Å². The molecule has 0 amide bonds. The Balaban J connectivity index is 2.40. The lowest BCUT2D eigenvalue weighted by molar-refractivity contribution is 0.103. The fourth-order valence-electron chi connectivity index (χ4n) is 1.44. The van der Waals surface area contributed by atoms with Gasteiger partial charge < -0.3 is 4.42 Å². The molecule has 0 atom stereocenters. The predicted molar refractivity (Wildman–Crippen MR) is 63.6 cm³/mol. The summed E-state index contributed by atoms with van der Waals surface area (Å²) >= 11 is 4.84. The lowest BCUT2D eigenvalue weighted by Crippen LogP contribution is -1.99. The van der Waals surface area contributed by atoms with Gasteiger partial charge in [0.2, 0.25) is 0 Å². The maximum atomic E-state index is 12.0. The molecular formula is C11H9BrO2S. The van der Waals surface area contributed by atoms with E-state index >= 15 is 0 Å². The molecule has 2 aromatic rings. The fourth-order valence-corrected chi connectivity index (χ4v) is 2.58. The van der Waals surface area contributed by atoms with E-state index in [1.807, 2.05) is 25.3 Å². The van der Waals surface area contributed by atoms with Gasteiger partial charge in [-0.1, -0.05) is 0 Å². The second-order valence-electron chi connectivity index (χ2n) is 3.30. The molecule has 4 heteroatoms. The number of carbonyl (C=O) groups excluding carboxylic acids is 1. The Hall–Kier alpha value is -0.870. The Bertz CT molecular complexity index is 510. The first-order valence-corrected chi connectivity index (χ1v) is 6.11. The number of ketones is 1. The molecule has 0 fully saturated rings. The third-order valence-electron chi connectivity index (χ3n) is 2.12. The van der Waals surface area contributed by atoms with Gasteiger partial charge in [0, 0.05) is 10.9 Å². The molecule has 78 valence electrons. The standard InChI is InChI=1S/C11H9BrO2S/c1-6-3-9(7(2)14-6)11(13)8-4-10(12)15-5-8/h3-5H,1-2H3. The summed E-state index contributed by atoms with van der Waals surface area (Å²) in [6.07, 6.45) is 0. The number of carbonyl (C=O) groups is 1. The van der Waals surface area contributed by atoms with E-state index in [4.69, 9.17) is 4.42 Å². The number of halogens is 1. The zero-order valence-corrected chi connectivity index (χ0v) is 10.7. The van der Waals surface area contributed by atoms with E-state index < -0.39 is 0 Å². The molecule has 2 rings (SSSR count). The molecule has 2 nitrogen and oxygen atoms in total. The SMILES string of the molecule is Cc1cc(C(=O)c2csc(Br)c2)c(C)o1. The number of furan rings is 1. The van der Waals surface area contributed by atoms with Crippen LogP contribution in [-0.4, -0.2) is 5.78 Å². The van der Waals surface area contributed by atoms with E-state index in [0.717, 1.165) is 9.55 Å². The van der Waals surface area contributed by atoms with Crippen molar-refractivity contribution in [3.8, 4) is 0 Å². The normalized spacial score (nSPS) is 10.6. The maximum absolute atomic E-state index is 12.0. The van der Waals surface area contributed by atoms with Crippen LogP contribution in [0.5, 0.6) is 0 Å². The number of hydrogen-bond acceptors (Lipinski definition) is 3. The minimum absolute atomic E-state index is 0.0197. The van der Waals surface area contributed by atoms with Gasteiger partial charge in [0.1, 0.15) is 11.5 Å². The quantitative estimate of drug-likeness (QED) is 0.782. The first kappa shape index (κ1) is 10.6. The van der Waals surface area contributed by atoms with Crippen molar-refractivity contribution in [3.63, 3.8) is 0 Å². The second kappa shape index (κ2) is 3.94. The average Bonchev–Trinajstić information content (AvgIpc) is 2.71. The Kier molecular flexibility index (Phi) is 2.80. The number of aryl methyl sites for hydroxylation is 2. The van der Waals surface area contributed by atoms with Crippen LogP contribution in [0, 0.1) is 13.8 Å². The number of rotatable bonds is 2. The Labute approximate surface area is 100 Å². The molecule has 0 N–H and O–H groups in total. The van der Waals surface area contributed by atoms with Crippen molar-refractivity contribution in [2.45, 2.75) is 13.8 Å². The molecule has 0 spiro atoms. The topological polar surface area (TPSA) is 30.2 Å². The van der Waals surface area contributed by atoms with Gasteiger partial charge in [0.15, 0.2) is 5.78 Å². The largest absolute Gasteiger partial charge is 0.466 e. The van der Waals surface area contributed by atoms with Crippen LogP contribution in [0.15, 0.2) is 25.7 Å². The lowest BCUT2D eigenvalue weighted by Gasteiger charge is -1.93. The highest BCUT2D eigenvalue weighted by atomic mass is 79.9. The third-order valence-corrected chi connectivity index (χ3v) is 3.62. The molecule has 0 saturated heterocycles. The highest BCUT2D eigenvalue weighted by molar-refractivity contribution is 9.11. The van der Waals surface area contributed by atoms with Crippen molar-refractivity contribution < 1.29 is 9.21 Å². The first-order valence-electron chi connectivity index (χ1n) is 4.43. The molecule has 2 aromatic heterocycles. The van der Waals surface area contributed by atoms with Crippen LogP contribution in [0.25, 0.3) is 0 Å². The summed E-state index contributed by atoms with van der Waals surface area (Å²) in [4.78, 5) is 12.0. The van der Waals surface area contributed by atoms with Crippen molar-refractivity contribution >= 4 is 33.0 Å². The second-order valence-corrected chi connectivity index (χ2v) is 5.59. The molecule has 0 radical (unpaired) electrons. The van der Waals surface area contributed by atoms with E-state index in [9.17, 15) is 4.79 Å². The average molecular weight is 285 g/mol. The summed E-state index contributed by atoms with van der Waals surface area (Å²) in [7, 11) is 0. The summed E-state index contributed by atoms with van der Waals surface area (Å²) in [6, 6.07) is 3.61.